The fraction of sp³-hybridized carbons (Fsp3) is 0.500. The predicted molar refractivity (Wildman–Crippen MR) is 71.0 cm³/mol. The highest BCUT2D eigenvalue weighted by Gasteiger charge is 2.25. The summed E-state index contributed by atoms with van der Waals surface area (Å²) >= 11 is 0. The van der Waals surface area contributed by atoms with Crippen LogP contribution in [0.15, 0.2) is 18.2 Å². The Hall–Kier alpha value is -1.42. The number of likely N-dealkylation sites (tertiary alicyclic amines) is 1. The Morgan fingerprint density at radius 1 is 1.50 bits per heavy atom. The molecule has 0 aliphatic carbocycles. The number of alkyl halides is 1. The van der Waals surface area contributed by atoms with E-state index in [9.17, 15) is 9.18 Å². The summed E-state index contributed by atoms with van der Waals surface area (Å²) in [6.07, 6.45) is 1.50. The average Bonchev–Trinajstić information content (AvgIpc) is 2.32. The zero-order valence-electron chi connectivity index (χ0n) is 10.7. The van der Waals surface area contributed by atoms with E-state index in [0.29, 0.717) is 12.5 Å². The molecule has 0 saturated carbocycles. The number of aldehydes is 1. The van der Waals surface area contributed by atoms with Crippen molar-refractivity contribution in [2.75, 3.05) is 31.6 Å². The van der Waals surface area contributed by atoms with Crippen LogP contribution in [0.3, 0.4) is 0 Å². The maximum Gasteiger partial charge on any atom is 0.150 e. The van der Waals surface area contributed by atoms with Crippen LogP contribution in [0.2, 0.25) is 0 Å². The van der Waals surface area contributed by atoms with Gasteiger partial charge in [0.1, 0.15) is 6.29 Å². The molecular formula is C14H19FN2O. The van der Waals surface area contributed by atoms with Crippen LogP contribution >= 0.6 is 0 Å². The molecule has 1 fully saturated rings. The van der Waals surface area contributed by atoms with Crippen molar-refractivity contribution in [3.05, 3.63) is 29.3 Å². The SMILES string of the molecule is Cc1cc(NC2CN(CCCF)C2)ccc1C=O. The molecule has 0 radical (unpaired) electrons. The lowest BCUT2D eigenvalue weighted by atomic mass is 10.1. The number of benzene rings is 1. The van der Waals surface area contributed by atoms with Gasteiger partial charge in [0.15, 0.2) is 0 Å². The maximum absolute atomic E-state index is 12.0. The molecular weight excluding hydrogens is 231 g/mol. The second-order valence-corrected chi connectivity index (χ2v) is 4.83. The molecule has 1 heterocycles. The standard InChI is InChI=1S/C14H19FN2O/c1-11-7-13(4-3-12(11)10-18)16-14-8-17(9-14)6-2-5-15/h3-4,7,10,14,16H,2,5-6,8-9H2,1H3. The molecule has 2 rings (SSSR count). The number of carbonyl (C=O) groups is 1. The van der Waals surface area contributed by atoms with Crippen LogP contribution in [0.5, 0.6) is 0 Å². The van der Waals surface area contributed by atoms with Crippen molar-refractivity contribution in [1.82, 2.24) is 4.90 Å². The van der Waals surface area contributed by atoms with Crippen molar-refractivity contribution in [1.29, 1.82) is 0 Å². The highest BCUT2D eigenvalue weighted by atomic mass is 19.1. The molecule has 1 aliphatic heterocycles. The van der Waals surface area contributed by atoms with Crippen LogP contribution in [-0.2, 0) is 0 Å². The molecule has 0 atom stereocenters. The van der Waals surface area contributed by atoms with Crippen LogP contribution in [-0.4, -0.2) is 43.5 Å². The number of nitrogens with zero attached hydrogens (tertiary/aromatic N) is 1. The number of anilines is 1. The molecule has 18 heavy (non-hydrogen) atoms. The quantitative estimate of drug-likeness (QED) is 0.786. The molecule has 1 aromatic rings. The molecule has 0 spiro atoms. The van der Waals surface area contributed by atoms with E-state index in [1.165, 1.54) is 0 Å². The highest BCUT2D eigenvalue weighted by molar-refractivity contribution is 5.78. The number of aryl methyl sites for hydroxylation is 1. The zero-order valence-corrected chi connectivity index (χ0v) is 10.7. The highest BCUT2D eigenvalue weighted by Crippen LogP contribution is 2.18. The molecule has 4 heteroatoms. The summed E-state index contributed by atoms with van der Waals surface area (Å²) in [5.41, 5.74) is 2.77. The van der Waals surface area contributed by atoms with Gasteiger partial charge < -0.3 is 5.32 Å². The molecule has 0 amide bonds. The van der Waals surface area contributed by atoms with Crippen molar-refractivity contribution in [2.45, 2.75) is 19.4 Å². The van der Waals surface area contributed by atoms with E-state index in [4.69, 9.17) is 0 Å². The lowest BCUT2D eigenvalue weighted by molar-refractivity contribution is 0.112. The largest absolute Gasteiger partial charge is 0.380 e. The molecule has 0 aromatic heterocycles. The van der Waals surface area contributed by atoms with Crippen LogP contribution in [0, 0.1) is 6.92 Å². The molecule has 98 valence electrons. The van der Waals surface area contributed by atoms with Gasteiger partial charge in [-0.25, -0.2) is 0 Å². The average molecular weight is 250 g/mol. The monoisotopic (exact) mass is 250 g/mol. The maximum atomic E-state index is 12.0. The fourth-order valence-electron chi connectivity index (χ4n) is 2.26. The van der Waals surface area contributed by atoms with E-state index >= 15 is 0 Å². The minimum absolute atomic E-state index is 0.235. The van der Waals surface area contributed by atoms with E-state index in [-0.39, 0.29) is 6.67 Å². The zero-order chi connectivity index (χ0) is 13.0. The third kappa shape index (κ3) is 3.07. The van der Waals surface area contributed by atoms with Gasteiger partial charge in [0.2, 0.25) is 0 Å². The first-order valence-electron chi connectivity index (χ1n) is 6.33. The lowest BCUT2D eigenvalue weighted by Gasteiger charge is -2.40. The Balaban J connectivity index is 1.81. The van der Waals surface area contributed by atoms with E-state index in [0.717, 1.165) is 42.7 Å². The van der Waals surface area contributed by atoms with Crippen molar-refractivity contribution in [2.24, 2.45) is 0 Å². The third-order valence-corrected chi connectivity index (χ3v) is 3.33. The first kappa shape index (κ1) is 13.0. The number of hydrogen-bond acceptors (Lipinski definition) is 3. The summed E-state index contributed by atoms with van der Waals surface area (Å²) in [4.78, 5) is 13.0. The summed E-state index contributed by atoms with van der Waals surface area (Å²) in [6.45, 7) is 4.48. The van der Waals surface area contributed by atoms with Gasteiger partial charge in [0, 0.05) is 30.9 Å². The fourth-order valence-corrected chi connectivity index (χ4v) is 2.26. The number of hydrogen-bond donors (Lipinski definition) is 1. The summed E-state index contributed by atoms with van der Waals surface area (Å²) in [5.74, 6) is 0. The first-order valence-corrected chi connectivity index (χ1v) is 6.33. The van der Waals surface area contributed by atoms with Gasteiger partial charge in [-0.3, -0.25) is 14.1 Å². The van der Waals surface area contributed by atoms with Crippen LogP contribution in [0.25, 0.3) is 0 Å². The third-order valence-electron chi connectivity index (χ3n) is 3.33. The molecule has 0 bridgehead atoms. The normalized spacial score (nSPS) is 16.3. The van der Waals surface area contributed by atoms with Gasteiger partial charge in [0.25, 0.3) is 0 Å². The van der Waals surface area contributed by atoms with E-state index in [1.807, 2.05) is 25.1 Å². The Morgan fingerprint density at radius 2 is 2.28 bits per heavy atom. The molecule has 3 nitrogen and oxygen atoms in total. The number of nitrogens with one attached hydrogen (secondary N) is 1. The number of halogens is 1. The van der Waals surface area contributed by atoms with Crippen molar-refractivity contribution in [3.63, 3.8) is 0 Å². The summed E-state index contributed by atoms with van der Waals surface area (Å²) in [7, 11) is 0. The lowest BCUT2D eigenvalue weighted by Crippen LogP contribution is -2.54. The molecule has 1 saturated heterocycles. The first-order chi connectivity index (χ1) is 8.72. The van der Waals surface area contributed by atoms with Gasteiger partial charge in [-0.1, -0.05) is 0 Å². The Labute approximate surface area is 107 Å². The van der Waals surface area contributed by atoms with Crippen LogP contribution < -0.4 is 5.32 Å². The summed E-state index contributed by atoms with van der Waals surface area (Å²) in [5, 5.41) is 3.43. The van der Waals surface area contributed by atoms with E-state index < -0.39 is 0 Å². The Kier molecular flexibility index (Phi) is 4.31. The number of rotatable bonds is 6. The minimum Gasteiger partial charge on any atom is -0.380 e. The topological polar surface area (TPSA) is 32.3 Å². The van der Waals surface area contributed by atoms with Gasteiger partial charge in [-0.05, 0) is 37.1 Å². The molecule has 0 unspecified atom stereocenters. The van der Waals surface area contributed by atoms with Crippen molar-refractivity contribution >= 4 is 12.0 Å². The Bertz CT molecular complexity index is 416. The van der Waals surface area contributed by atoms with Crippen LogP contribution in [0.4, 0.5) is 10.1 Å². The summed E-state index contributed by atoms with van der Waals surface area (Å²) < 4.78 is 12.0. The van der Waals surface area contributed by atoms with Gasteiger partial charge in [-0.2, -0.15) is 0 Å². The smallest absolute Gasteiger partial charge is 0.150 e. The predicted octanol–water partition coefficient (Wildman–Crippen LogP) is 2.26. The van der Waals surface area contributed by atoms with Gasteiger partial charge in [0.05, 0.1) is 12.7 Å². The van der Waals surface area contributed by atoms with Crippen molar-refractivity contribution in [3.8, 4) is 0 Å². The molecule has 1 aliphatic rings. The summed E-state index contributed by atoms with van der Waals surface area (Å²) in [6, 6.07) is 6.20. The van der Waals surface area contributed by atoms with Gasteiger partial charge in [-0.15, -0.1) is 0 Å². The Morgan fingerprint density at radius 3 is 2.89 bits per heavy atom. The minimum atomic E-state index is -0.235. The number of carbonyl (C=O) groups excluding carboxylic acids is 1. The second kappa shape index (κ2) is 5.96. The second-order valence-electron chi connectivity index (χ2n) is 4.83. The van der Waals surface area contributed by atoms with E-state index in [1.54, 1.807) is 0 Å². The van der Waals surface area contributed by atoms with Crippen molar-refractivity contribution < 1.29 is 9.18 Å². The molecule has 1 aromatic carbocycles. The van der Waals surface area contributed by atoms with E-state index in [2.05, 4.69) is 10.2 Å². The van der Waals surface area contributed by atoms with Gasteiger partial charge >= 0.3 is 0 Å². The molecule has 1 N–H and O–H groups in total. The van der Waals surface area contributed by atoms with Crippen LogP contribution in [0.1, 0.15) is 22.3 Å².